The van der Waals surface area contributed by atoms with Gasteiger partial charge in [-0.05, 0) is 35.7 Å². The van der Waals surface area contributed by atoms with E-state index in [0.29, 0.717) is 50.5 Å². The van der Waals surface area contributed by atoms with Crippen molar-refractivity contribution in [3.8, 4) is 18.1 Å². The van der Waals surface area contributed by atoms with Crippen LogP contribution in [0.3, 0.4) is 0 Å². The average Bonchev–Trinajstić information content (AvgIpc) is 2.80. The van der Waals surface area contributed by atoms with Gasteiger partial charge in [0.25, 0.3) is 0 Å². The summed E-state index contributed by atoms with van der Waals surface area (Å²) in [5.41, 5.74) is 1.47. The molecule has 162 valence electrons. The predicted molar refractivity (Wildman–Crippen MR) is 116 cm³/mol. The predicted octanol–water partition coefficient (Wildman–Crippen LogP) is 2.48. The Morgan fingerprint density at radius 2 is 1.71 bits per heavy atom. The van der Waals surface area contributed by atoms with Gasteiger partial charge in [0.05, 0.1) is 6.42 Å². The number of benzene rings is 2. The molecule has 0 aromatic heterocycles. The molecule has 0 spiro atoms. The summed E-state index contributed by atoms with van der Waals surface area (Å²) in [6.45, 7) is 2.54. The Labute approximate surface area is 182 Å². The maximum Gasteiger partial charge on any atom is 0.317 e. The third-order valence-electron chi connectivity index (χ3n) is 5.15. The zero-order valence-corrected chi connectivity index (χ0v) is 17.4. The molecule has 0 unspecified atom stereocenters. The molecule has 0 atom stereocenters. The van der Waals surface area contributed by atoms with Gasteiger partial charge in [-0.3, -0.25) is 4.79 Å². The molecule has 1 N–H and O–H groups in total. The molecule has 6 nitrogen and oxygen atoms in total. The summed E-state index contributed by atoms with van der Waals surface area (Å²) in [7, 11) is 0. The van der Waals surface area contributed by atoms with Crippen molar-refractivity contribution in [3.05, 3.63) is 65.5 Å². The van der Waals surface area contributed by atoms with Crippen LogP contribution in [0.2, 0.25) is 0 Å². The largest absolute Gasteiger partial charge is 0.481 e. The molecule has 0 aliphatic carbocycles. The quantitative estimate of drug-likeness (QED) is 0.696. The number of nitrogens with one attached hydrogen (secondary N) is 1. The van der Waals surface area contributed by atoms with Gasteiger partial charge in [0.15, 0.2) is 0 Å². The van der Waals surface area contributed by atoms with Gasteiger partial charge >= 0.3 is 6.03 Å². The van der Waals surface area contributed by atoms with E-state index in [1.165, 1.54) is 6.07 Å². The second-order valence-electron chi connectivity index (χ2n) is 7.25. The van der Waals surface area contributed by atoms with Crippen molar-refractivity contribution < 1.29 is 18.7 Å². The molecule has 31 heavy (non-hydrogen) atoms. The van der Waals surface area contributed by atoms with Gasteiger partial charge in [-0.25, -0.2) is 9.18 Å². The zero-order chi connectivity index (χ0) is 22.1. The number of piperazine rings is 1. The number of hydrogen-bond acceptors (Lipinski definition) is 3. The van der Waals surface area contributed by atoms with Crippen molar-refractivity contribution in [1.82, 2.24) is 15.1 Å². The lowest BCUT2D eigenvalue weighted by atomic mass is 10.1. The smallest absolute Gasteiger partial charge is 0.317 e. The third-order valence-corrected chi connectivity index (χ3v) is 5.15. The van der Waals surface area contributed by atoms with Crippen molar-refractivity contribution in [2.75, 3.05) is 39.3 Å². The lowest BCUT2D eigenvalue weighted by molar-refractivity contribution is -0.131. The van der Waals surface area contributed by atoms with Crippen LogP contribution < -0.4 is 10.1 Å². The molecule has 0 saturated carbocycles. The minimum absolute atomic E-state index is 0.0332. The minimum Gasteiger partial charge on any atom is -0.481 e. The van der Waals surface area contributed by atoms with E-state index in [1.54, 1.807) is 28.0 Å². The van der Waals surface area contributed by atoms with Gasteiger partial charge in [-0.2, -0.15) is 0 Å². The first kappa shape index (κ1) is 22.2. The number of urea groups is 1. The van der Waals surface area contributed by atoms with Crippen LogP contribution in [0.5, 0.6) is 5.75 Å². The van der Waals surface area contributed by atoms with Gasteiger partial charge in [0.2, 0.25) is 5.91 Å². The van der Waals surface area contributed by atoms with Crippen molar-refractivity contribution >= 4 is 11.9 Å². The van der Waals surface area contributed by atoms with Crippen molar-refractivity contribution in [2.24, 2.45) is 0 Å². The summed E-state index contributed by atoms with van der Waals surface area (Å²) in [6.07, 6.45) is 5.90. The second-order valence-corrected chi connectivity index (χ2v) is 7.25. The molecule has 2 aromatic rings. The van der Waals surface area contributed by atoms with E-state index < -0.39 is 0 Å². The van der Waals surface area contributed by atoms with E-state index in [0.717, 1.165) is 5.56 Å². The highest BCUT2D eigenvalue weighted by molar-refractivity contribution is 5.79. The van der Waals surface area contributed by atoms with Gasteiger partial charge in [0.1, 0.15) is 18.2 Å². The molecule has 2 aromatic carbocycles. The van der Waals surface area contributed by atoms with Crippen LogP contribution in [-0.2, 0) is 17.6 Å². The molecule has 1 saturated heterocycles. The number of carbonyl (C=O) groups is 2. The Kier molecular flexibility index (Phi) is 7.88. The van der Waals surface area contributed by atoms with Crippen molar-refractivity contribution in [1.29, 1.82) is 0 Å². The molecule has 0 radical (unpaired) electrons. The lowest BCUT2D eigenvalue weighted by Gasteiger charge is -2.34. The SMILES string of the molecule is C#CCOc1ccc(CCNC(=O)N2CCN(C(=O)Cc3ccccc3F)CC2)cc1. The number of amides is 3. The zero-order valence-electron chi connectivity index (χ0n) is 17.4. The second kappa shape index (κ2) is 11.0. The van der Waals surface area contributed by atoms with E-state index in [1.807, 2.05) is 24.3 Å². The molecule has 1 aliphatic heterocycles. The van der Waals surface area contributed by atoms with Crippen LogP contribution in [0, 0.1) is 18.2 Å². The number of terminal acetylenes is 1. The molecule has 1 aliphatic rings. The number of halogens is 1. The standard InChI is InChI=1S/C24H26FN3O3/c1-2-17-31-21-9-7-19(8-10-21)11-12-26-24(30)28-15-13-27(14-16-28)23(29)18-20-5-3-4-6-22(20)25/h1,3-10H,11-18H2,(H,26,30). The van der Waals surface area contributed by atoms with Crippen molar-refractivity contribution in [2.45, 2.75) is 12.8 Å². The topological polar surface area (TPSA) is 61.9 Å². The monoisotopic (exact) mass is 423 g/mol. The number of hydrogen-bond donors (Lipinski definition) is 1. The molecule has 3 amide bonds. The van der Waals surface area contributed by atoms with Gasteiger partial charge < -0.3 is 19.9 Å². The summed E-state index contributed by atoms with van der Waals surface area (Å²) in [5, 5.41) is 2.92. The van der Waals surface area contributed by atoms with Gasteiger partial charge in [-0.15, -0.1) is 6.42 Å². The Hall–Kier alpha value is -3.53. The Morgan fingerprint density at radius 3 is 2.39 bits per heavy atom. The minimum atomic E-state index is -0.372. The lowest BCUT2D eigenvalue weighted by Crippen LogP contribution is -2.53. The van der Waals surface area contributed by atoms with Gasteiger partial charge in [0, 0.05) is 32.7 Å². The molecular formula is C24H26FN3O3. The van der Waals surface area contributed by atoms with E-state index in [2.05, 4.69) is 11.2 Å². The number of rotatable bonds is 7. The first-order valence-corrected chi connectivity index (χ1v) is 10.3. The molecule has 0 bridgehead atoms. The van der Waals surface area contributed by atoms with Crippen LogP contribution in [0.15, 0.2) is 48.5 Å². The average molecular weight is 423 g/mol. The number of ether oxygens (including phenoxy) is 1. The summed E-state index contributed by atoms with van der Waals surface area (Å²) in [5.74, 6) is 2.64. The van der Waals surface area contributed by atoms with Crippen LogP contribution in [-0.4, -0.2) is 61.1 Å². The molecule has 7 heteroatoms. The summed E-state index contributed by atoms with van der Waals surface area (Å²) >= 11 is 0. The van der Waals surface area contributed by atoms with Crippen LogP contribution >= 0.6 is 0 Å². The highest BCUT2D eigenvalue weighted by atomic mass is 19.1. The summed E-state index contributed by atoms with van der Waals surface area (Å²) in [4.78, 5) is 28.2. The van der Waals surface area contributed by atoms with Crippen LogP contribution in [0.1, 0.15) is 11.1 Å². The van der Waals surface area contributed by atoms with Crippen molar-refractivity contribution in [3.63, 3.8) is 0 Å². The fraction of sp³-hybridized carbons (Fsp3) is 0.333. The van der Waals surface area contributed by atoms with E-state index >= 15 is 0 Å². The van der Waals surface area contributed by atoms with E-state index in [4.69, 9.17) is 11.2 Å². The summed E-state index contributed by atoms with van der Waals surface area (Å²) in [6, 6.07) is 13.7. The Bertz CT molecular complexity index is 932. The van der Waals surface area contributed by atoms with Gasteiger partial charge in [-0.1, -0.05) is 36.3 Å². The highest BCUT2D eigenvalue weighted by Crippen LogP contribution is 2.13. The van der Waals surface area contributed by atoms with Crippen LogP contribution in [0.4, 0.5) is 9.18 Å². The number of nitrogens with zero attached hydrogens (tertiary/aromatic N) is 2. The first-order chi connectivity index (χ1) is 15.1. The molecule has 1 fully saturated rings. The molecule has 3 rings (SSSR count). The molecule has 1 heterocycles. The Morgan fingerprint density at radius 1 is 1.03 bits per heavy atom. The third kappa shape index (κ3) is 6.48. The maximum atomic E-state index is 13.8. The maximum absolute atomic E-state index is 13.8. The van der Waals surface area contributed by atoms with E-state index in [9.17, 15) is 14.0 Å². The fourth-order valence-electron chi connectivity index (χ4n) is 3.38. The number of carbonyl (C=O) groups excluding carboxylic acids is 2. The highest BCUT2D eigenvalue weighted by Gasteiger charge is 2.24. The van der Waals surface area contributed by atoms with E-state index in [-0.39, 0.29) is 30.8 Å². The van der Waals surface area contributed by atoms with Crippen LogP contribution in [0.25, 0.3) is 0 Å². The fourth-order valence-corrected chi connectivity index (χ4v) is 3.38. The molecular weight excluding hydrogens is 397 g/mol. The Balaban J connectivity index is 1.37. The first-order valence-electron chi connectivity index (χ1n) is 10.3. The normalized spacial score (nSPS) is 13.4. The summed E-state index contributed by atoms with van der Waals surface area (Å²) < 4.78 is 19.1.